The van der Waals surface area contributed by atoms with Crippen molar-refractivity contribution in [2.45, 2.75) is 70.1 Å². The molecule has 1 atom stereocenters. The zero-order valence-corrected chi connectivity index (χ0v) is 11.5. The lowest BCUT2D eigenvalue weighted by molar-refractivity contribution is 0.0116. The molecule has 17 heavy (non-hydrogen) atoms. The summed E-state index contributed by atoms with van der Waals surface area (Å²) in [5, 5.41) is 0. The van der Waals surface area contributed by atoms with E-state index in [2.05, 4.69) is 18.7 Å². The molecule has 3 nitrogen and oxygen atoms in total. The van der Waals surface area contributed by atoms with Crippen molar-refractivity contribution in [2.75, 3.05) is 19.7 Å². The maximum Gasteiger partial charge on any atom is 0.0639 e. The number of nitrogens with zero attached hydrogens (tertiary/aromatic N) is 1. The molecule has 0 bridgehead atoms. The summed E-state index contributed by atoms with van der Waals surface area (Å²) in [4.78, 5) is 2.66. The molecule has 1 aliphatic carbocycles. The van der Waals surface area contributed by atoms with Crippen molar-refractivity contribution in [1.29, 1.82) is 0 Å². The van der Waals surface area contributed by atoms with Gasteiger partial charge in [0, 0.05) is 11.6 Å². The SMILES string of the molecule is CC(C)OCC(N)C1(N2CCCC2)CCCC1. The monoisotopic (exact) mass is 240 g/mol. The van der Waals surface area contributed by atoms with E-state index in [4.69, 9.17) is 10.5 Å². The van der Waals surface area contributed by atoms with Crippen molar-refractivity contribution < 1.29 is 4.74 Å². The molecule has 1 saturated carbocycles. The molecule has 2 N–H and O–H groups in total. The van der Waals surface area contributed by atoms with E-state index in [0.29, 0.717) is 6.61 Å². The van der Waals surface area contributed by atoms with Gasteiger partial charge in [-0.2, -0.15) is 0 Å². The van der Waals surface area contributed by atoms with Crippen LogP contribution >= 0.6 is 0 Å². The number of rotatable bonds is 5. The lowest BCUT2D eigenvalue weighted by Crippen LogP contribution is -2.59. The normalized spacial score (nSPS) is 26.8. The van der Waals surface area contributed by atoms with Crippen molar-refractivity contribution in [3.05, 3.63) is 0 Å². The second-order valence-electron chi connectivity index (χ2n) is 5.99. The molecule has 0 aromatic rings. The van der Waals surface area contributed by atoms with Crippen LogP contribution in [0.4, 0.5) is 0 Å². The van der Waals surface area contributed by atoms with Crippen molar-refractivity contribution in [1.82, 2.24) is 4.90 Å². The molecule has 0 aromatic heterocycles. The van der Waals surface area contributed by atoms with E-state index in [9.17, 15) is 0 Å². The highest BCUT2D eigenvalue weighted by Gasteiger charge is 2.45. The Morgan fingerprint density at radius 2 is 1.71 bits per heavy atom. The Kier molecular flexibility index (Phi) is 4.45. The van der Waals surface area contributed by atoms with Crippen LogP contribution < -0.4 is 5.73 Å². The molecule has 2 fully saturated rings. The molecule has 2 rings (SSSR count). The van der Waals surface area contributed by atoms with Crippen molar-refractivity contribution >= 4 is 0 Å². The first-order valence-electron chi connectivity index (χ1n) is 7.27. The van der Waals surface area contributed by atoms with Crippen LogP contribution in [0.2, 0.25) is 0 Å². The molecule has 0 spiro atoms. The van der Waals surface area contributed by atoms with Crippen LogP contribution in [-0.4, -0.2) is 42.3 Å². The average molecular weight is 240 g/mol. The highest BCUT2D eigenvalue weighted by molar-refractivity contribution is 5.03. The minimum Gasteiger partial charge on any atom is -0.377 e. The number of hydrogen-bond acceptors (Lipinski definition) is 3. The van der Waals surface area contributed by atoms with Gasteiger partial charge in [0.1, 0.15) is 0 Å². The smallest absolute Gasteiger partial charge is 0.0639 e. The highest BCUT2D eigenvalue weighted by atomic mass is 16.5. The molecule has 1 unspecified atom stereocenters. The van der Waals surface area contributed by atoms with Gasteiger partial charge in [-0.15, -0.1) is 0 Å². The molecule has 2 aliphatic rings. The lowest BCUT2D eigenvalue weighted by Gasteiger charge is -2.43. The summed E-state index contributed by atoms with van der Waals surface area (Å²) in [5.74, 6) is 0. The van der Waals surface area contributed by atoms with E-state index in [1.54, 1.807) is 0 Å². The van der Waals surface area contributed by atoms with Crippen molar-refractivity contribution in [3.8, 4) is 0 Å². The summed E-state index contributed by atoms with van der Waals surface area (Å²) in [6, 6.07) is 0.186. The molecule has 0 amide bonds. The van der Waals surface area contributed by atoms with Crippen LogP contribution in [0.25, 0.3) is 0 Å². The number of nitrogens with two attached hydrogens (primary N) is 1. The van der Waals surface area contributed by atoms with Gasteiger partial charge in [-0.25, -0.2) is 0 Å². The van der Waals surface area contributed by atoms with Gasteiger partial charge in [-0.05, 0) is 52.6 Å². The maximum absolute atomic E-state index is 6.48. The zero-order valence-electron chi connectivity index (χ0n) is 11.5. The average Bonchev–Trinajstić information content (AvgIpc) is 2.95. The topological polar surface area (TPSA) is 38.5 Å². The van der Waals surface area contributed by atoms with E-state index in [1.165, 1.54) is 51.6 Å². The predicted octanol–water partition coefficient (Wildman–Crippen LogP) is 2.15. The van der Waals surface area contributed by atoms with Crippen LogP contribution in [0.1, 0.15) is 52.4 Å². The summed E-state index contributed by atoms with van der Waals surface area (Å²) in [6.07, 6.45) is 8.21. The highest BCUT2D eigenvalue weighted by Crippen LogP contribution is 2.39. The molecular formula is C14H28N2O. The third-order valence-electron chi connectivity index (χ3n) is 4.50. The standard InChI is InChI=1S/C14H28N2O/c1-12(2)17-11-13(15)14(7-3-4-8-14)16-9-5-6-10-16/h12-13H,3-11,15H2,1-2H3. The maximum atomic E-state index is 6.48. The fraction of sp³-hybridized carbons (Fsp3) is 1.00. The van der Waals surface area contributed by atoms with E-state index < -0.39 is 0 Å². The number of hydrogen-bond donors (Lipinski definition) is 1. The van der Waals surface area contributed by atoms with Gasteiger partial charge in [0.25, 0.3) is 0 Å². The minimum absolute atomic E-state index is 0.186. The minimum atomic E-state index is 0.186. The van der Waals surface area contributed by atoms with E-state index in [0.717, 1.165) is 0 Å². The summed E-state index contributed by atoms with van der Waals surface area (Å²) in [5.41, 5.74) is 6.73. The first kappa shape index (κ1) is 13.3. The Balaban J connectivity index is 1.99. The molecule has 3 heteroatoms. The Morgan fingerprint density at radius 1 is 1.12 bits per heavy atom. The largest absolute Gasteiger partial charge is 0.377 e. The summed E-state index contributed by atoms with van der Waals surface area (Å²) in [7, 11) is 0. The van der Waals surface area contributed by atoms with Gasteiger partial charge in [0.2, 0.25) is 0 Å². The molecule has 0 aromatic carbocycles. The van der Waals surface area contributed by atoms with Crippen molar-refractivity contribution in [3.63, 3.8) is 0 Å². The number of ether oxygens (including phenoxy) is 1. The molecule has 0 radical (unpaired) electrons. The summed E-state index contributed by atoms with van der Waals surface area (Å²) < 4.78 is 5.75. The molecule has 1 heterocycles. The van der Waals surface area contributed by atoms with Crippen LogP contribution in [0.3, 0.4) is 0 Å². The third-order valence-corrected chi connectivity index (χ3v) is 4.50. The van der Waals surface area contributed by atoms with Crippen LogP contribution in [0, 0.1) is 0 Å². The third kappa shape index (κ3) is 2.83. The quantitative estimate of drug-likeness (QED) is 0.800. The fourth-order valence-corrected chi connectivity index (χ4v) is 3.52. The molecular weight excluding hydrogens is 212 g/mol. The van der Waals surface area contributed by atoms with Crippen LogP contribution in [-0.2, 0) is 4.74 Å². The molecule has 100 valence electrons. The predicted molar refractivity (Wildman–Crippen MR) is 71.1 cm³/mol. The van der Waals surface area contributed by atoms with Crippen LogP contribution in [0.15, 0.2) is 0 Å². The zero-order chi connectivity index (χ0) is 12.3. The van der Waals surface area contributed by atoms with Gasteiger partial charge in [0.15, 0.2) is 0 Å². The van der Waals surface area contributed by atoms with Crippen LogP contribution in [0.5, 0.6) is 0 Å². The Hall–Kier alpha value is -0.120. The Morgan fingerprint density at radius 3 is 2.24 bits per heavy atom. The van der Waals surface area contributed by atoms with Gasteiger partial charge >= 0.3 is 0 Å². The van der Waals surface area contributed by atoms with Gasteiger partial charge in [-0.1, -0.05) is 12.8 Å². The Labute approximate surface area is 106 Å². The van der Waals surface area contributed by atoms with E-state index in [-0.39, 0.29) is 17.7 Å². The summed E-state index contributed by atoms with van der Waals surface area (Å²) >= 11 is 0. The second-order valence-corrected chi connectivity index (χ2v) is 5.99. The lowest BCUT2D eigenvalue weighted by atomic mass is 9.87. The van der Waals surface area contributed by atoms with E-state index >= 15 is 0 Å². The van der Waals surface area contributed by atoms with Crippen molar-refractivity contribution in [2.24, 2.45) is 5.73 Å². The molecule has 1 aliphatic heterocycles. The van der Waals surface area contributed by atoms with Gasteiger partial charge < -0.3 is 10.5 Å². The van der Waals surface area contributed by atoms with Gasteiger partial charge in [-0.3, -0.25) is 4.90 Å². The molecule has 1 saturated heterocycles. The fourth-order valence-electron chi connectivity index (χ4n) is 3.52. The second kappa shape index (κ2) is 5.68. The first-order chi connectivity index (χ1) is 8.15. The summed E-state index contributed by atoms with van der Waals surface area (Å²) in [6.45, 7) is 7.38. The Bertz CT molecular complexity index is 230. The first-order valence-corrected chi connectivity index (χ1v) is 7.27. The number of likely N-dealkylation sites (tertiary alicyclic amines) is 1. The van der Waals surface area contributed by atoms with Gasteiger partial charge in [0.05, 0.1) is 12.7 Å². The van der Waals surface area contributed by atoms with E-state index in [1.807, 2.05) is 0 Å².